The van der Waals surface area contributed by atoms with Gasteiger partial charge in [-0.05, 0) is 34.4 Å². The van der Waals surface area contributed by atoms with Gasteiger partial charge in [-0.1, -0.05) is 133 Å². The first-order valence-corrected chi connectivity index (χ1v) is 15.3. The van der Waals surface area contributed by atoms with Crippen LogP contribution in [0.15, 0.2) is 146 Å². The molecule has 7 aromatic carbocycles. The first-order chi connectivity index (χ1) is 21.8. The van der Waals surface area contributed by atoms with E-state index in [1.807, 2.05) is 0 Å². The second kappa shape index (κ2) is 7.94. The van der Waals surface area contributed by atoms with Crippen LogP contribution in [-0.4, -0.2) is 8.80 Å². The van der Waals surface area contributed by atoms with E-state index in [0.29, 0.717) is 0 Å². The summed E-state index contributed by atoms with van der Waals surface area (Å²) in [6, 6.07) is 53.8. The topological polar surface area (TPSA) is 8.82 Å². The summed E-state index contributed by atoms with van der Waals surface area (Å²) in [4.78, 5) is 0. The van der Waals surface area contributed by atoms with Crippen LogP contribution >= 0.6 is 0 Å². The zero-order valence-corrected chi connectivity index (χ0v) is 23.8. The molecule has 4 heterocycles. The van der Waals surface area contributed by atoms with Gasteiger partial charge in [0.1, 0.15) is 0 Å². The fraction of sp³-hybridized carbons (Fsp3) is 0. The predicted molar refractivity (Wildman–Crippen MR) is 187 cm³/mol. The van der Waals surface area contributed by atoms with Crippen molar-refractivity contribution in [3.05, 3.63) is 146 Å². The number of para-hydroxylation sites is 2. The van der Waals surface area contributed by atoms with Crippen LogP contribution in [0, 0.1) is 0 Å². The molecule has 11 rings (SSSR count). The number of rotatable bonds is 2. The maximum Gasteiger partial charge on any atom is 0.0789 e. The molecule has 2 nitrogen and oxygen atoms in total. The molecule has 0 spiro atoms. The minimum atomic E-state index is 1.24. The van der Waals surface area contributed by atoms with Gasteiger partial charge in [0.05, 0.1) is 33.1 Å². The summed E-state index contributed by atoms with van der Waals surface area (Å²) in [5.41, 5.74) is 12.7. The molecule has 0 fully saturated rings. The van der Waals surface area contributed by atoms with Crippen molar-refractivity contribution in [3.8, 4) is 22.3 Å². The fourth-order valence-electron chi connectivity index (χ4n) is 8.12. The van der Waals surface area contributed by atoms with Gasteiger partial charge in [-0.25, -0.2) is 0 Å². The van der Waals surface area contributed by atoms with E-state index in [0.717, 1.165) is 0 Å². The van der Waals surface area contributed by atoms with E-state index in [1.165, 1.54) is 98.4 Å². The van der Waals surface area contributed by atoms with Crippen LogP contribution in [0.2, 0.25) is 0 Å². The van der Waals surface area contributed by atoms with Gasteiger partial charge in [-0.2, -0.15) is 0 Å². The molecule has 2 heteroatoms. The summed E-state index contributed by atoms with van der Waals surface area (Å²) in [7, 11) is 0. The Kier molecular flexibility index (Phi) is 4.10. The average molecular weight is 557 g/mol. The Morgan fingerprint density at radius 3 is 1.05 bits per heavy atom. The Balaban J connectivity index is 1.39. The molecule has 0 aliphatic heterocycles. The first-order valence-electron chi connectivity index (χ1n) is 15.3. The Hall–Kier alpha value is -5.86. The molecule has 4 aromatic heterocycles. The second-order valence-corrected chi connectivity index (χ2v) is 12.1. The van der Waals surface area contributed by atoms with E-state index in [2.05, 4.69) is 154 Å². The number of hydrogen-bond acceptors (Lipinski definition) is 0. The number of aromatic nitrogens is 2. The molecule has 0 N–H and O–H groups in total. The van der Waals surface area contributed by atoms with Crippen LogP contribution in [0.25, 0.3) is 98.4 Å². The number of fused-ring (bicyclic) bond motifs is 13. The monoisotopic (exact) mass is 556 g/mol. The van der Waals surface area contributed by atoms with Crippen molar-refractivity contribution in [1.29, 1.82) is 0 Å². The Morgan fingerprint density at radius 1 is 0.250 bits per heavy atom. The lowest BCUT2D eigenvalue weighted by Gasteiger charge is -2.06. The molecule has 0 aliphatic rings. The molecular weight excluding hydrogens is 532 g/mol. The molecule has 202 valence electrons. The van der Waals surface area contributed by atoms with Crippen LogP contribution < -0.4 is 0 Å². The maximum absolute atomic E-state index is 2.56. The molecule has 0 amide bonds. The summed E-state index contributed by atoms with van der Waals surface area (Å²) in [5.74, 6) is 0. The Bertz CT molecular complexity index is 2710. The lowest BCUT2D eigenvalue weighted by molar-refractivity contribution is 1.33. The van der Waals surface area contributed by atoms with Gasteiger partial charge in [0, 0.05) is 43.1 Å². The van der Waals surface area contributed by atoms with E-state index in [-0.39, 0.29) is 0 Å². The molecule has 0 bridgehead atoms. The standard InChI is InChI=1S/C42H24N2/c1-3-9-25(10-4-1)27-17-19-29-31-13-7-15-33-35-21-22-36-34-16-8-14-32-30-20-18-28(26-11-5-2-6-12-26)24-38(30)44(40(32)34)42(36)41(35)43(39(31)33)37(29)23-27/h1-24H. The van der Waals surface area contributed by atoms with E-state index >= 15 is 0 Å². The molecule has 0 atom stereocenters. The van der Waals surface area contributed by atoms with Crippen molar-refractivity contribution in [3.63, 3.8) is 0 Å². The molecule has 0 aliphatic carbocycles. The van der Waals surface area contributed by atoms with Crippen LogP contribution in [0.1, 0.15) is 0 Å². The van der Waals surface area contributed by atoms with Crippen LogP contribution in [-0.2, 0) is 0 Å². The lowest BCUT2D eigenvalue weighted by Crippen LogP contribution is -1.88. The van der Waals surface area contributed by atoms with Gasteiger partial charge < -0.3 is 8.80 Å². The van der Waals surface area contributed by atoms with Gasteiger partial charge in [0.15, 0.2) is 0 Å². The molecule has 0 unspecified atom stereocenters. The largest absolute Gasteiger partial charge is 0.306 e. The number of benzene rings is 7. The van der Waals surface area contributed by atoms with E-state index in [4.69, 9.17) is 0 Å². The SMILES string of the molecule is c1ccc(-c2ccc3c4cccc5c6ccc7c8cccc9c%10ccc(-c%11ccccc%11)cc%10n(c98)c7c6n(c3c2)c45)cc1. The first kappa shape index (κ1) is 22.7. The highest BCUT2D eigenvalue weighted by Gasteiger charge is 2.24. The van der Waals surface area contributed by atoms with Crippen molar-refractivity contribution in [1.82, 2.24) is 8.80 Å². The number of hydrogen-bond donors (Lipinski definition) is 0. The molecule has 0 radical (unpaired) electrons. The zero-order chi connectivity index (χ0) is 28.5. The van der Waals surface area contributed by atoms with E-state index < -0.39 is 0 Å². The maximum atomic E-state index is 2.56. The third-order valence-corrected chi connectivity index (χ3v) is 9.97. The highest BCUT2D eigenvalue weighted by molar-refractivity contribution is 6.32. The van der Waals surface area contributed by atoms with Crippen LogP contribution in [0.5, 0.6) is 0 Å². The van der Waals surface area contributed by atoms with E-state index in [1.54, 1.807) is 0 Å². The summed E-state index contributed by atoms with van der Waals surface area (Å²) in [6.07, 6.45) is 0. The van der Waals surface area contributed by atoms with Gasteiger partial charge in [0.2, 0.25) is 0 Å². The third kappa shape index (κ3) is 2.68. The average Bonchev–Trinajstić information content (AvgIpc) is 3.82. The highest BCUT2D eigenvalue weighted by Crippen LogP contribution is 2.46. The minimum absolute atomic E-state index is 1.24. The van der Waals surface area contributed by atoms with Gasteiger partial charge in [-0.15, -0.1) is 0 Å². The molecule has 11 aromatic rings. The van der Waals surface area contributed by atoms with Crippen molar-refractivity contribution in [2.75, 3.05) is 0 Å². The second-order valence-electron chi connectivity index (χ2n) is 12.1. The Labute approximate surface area is 252 Å². The molecular formula is C42H24N2. The van der Waals surface area contributed by atoms with E-state index in [9.17, 15) is 0 Å². The normalized spacial score (nSPS) is 12.5. The van der Waals surface area contributed by atoms with Gasteiger partial charge in [0.25, 0.3) is 0 Å². The zero-order valence-electron chi connectivity index (χ0n) is 23.8. The van der Waals surface area contributed by atoms with Crippen molar-refractivity contribution in [2.45, 2.75) is 0 Å². The minimum Gasteiger partial charge on any atom is -0.306 e. The summed E-state index contributed by atoms with van der Waals surface area (Å²) in [6.45, 7) is 0. The Morgan fingerprint density at radius 2 is 0.614 bits per heavy atom. The third-order valence-electron chi connectivity index (χ3n) is 9.97. The molecule has 44 heavy (non-hydrogen) atoms. The molecule has 0 saturated carbocycles. The van der Waals surface area contributed by atoms with Gasteiger partial charge in [-0.3, -0.25) is 0 Å². The quantitative estimate of drug-likeness (QED) is 0.200. The highest BCUT2D eigenvalue weighted by atomic mass is 15.0. The lowest BCUT2D eigenvalue weighted by atomic mass is 10.0. The van der Waals surface area contributed by atoms with Crippen molar-refractivity contribution in [2.24, 2.45) is 0 Å². The van der Waals surface area contributed by atoms with Gasteiger partial charge >= 0.3 is 0 Å². The summed E-state index contributed by atoms with van der Waals surface area (Å²) < 4.78 is 5.12. The number of nitrogens with zero attached hydrogens (tertiary/aromatic N) is 2. The molecule has 0 saturated heterocycles. The fourth-order valence-corrected chi connectivity index (χ4v) is 8.12. The van der Waals surface area contributed by atoms with Crippen molar-refractivity contribution < 1.29 is 0 Å². The van der Waals surface area contributed by atoms with Crippen LogP contribution in [0.3, 0.4) is 0 Å². The summed E-state index contributed by atoms with van der Waals surface area (Å²) in [5, 5.41) is 10.5. The van der Waals surface area contributed by atoms with Crippen molar-refractivity contribution >= 4 is 76.2 Å². The smallest absolute Gasteiger partial charge is 0.0789 e. The van der Waals surface area contributed by atoms with Crippen LogP contribution in [0.4, 0.5) is 0 Å². The predicted octanol–water partition coefficient (Wildman–Crippen LogP) is 11.3. The summed E-state index contributed by atoms with van der Waals surface area (Å²) >= 11 is 0.